The largest absolute Gasteiger partial charge is 0.462 e. The third kappa shape index (κ3) is 3.40. The number of benzene rings is 1. The van der Waals surface area contributed by atoms with Crippen molar-refractivity contribution in [3.05, 3.63) is 50.2 Å². The number of nitro benzene ring substituents is 1. The third-order valence-electron chi connectivity index (χ3n) is 2.93. The molecule has 1 aromatic carbocycles. The summed E-state index contributed by atoms with van der Waals surface area (Å²) >= 11 is 3.05. The molecule has 0 saturated heterocycles. The number of halogens is 4. The Kier molecular flexibility index (Phi) is 4.92. The Bertz CT molecular complexity index is 804. The summed E-state index contributed by atoms with van der Waals surface area (Å²) in [6, 6.07) is 2.02. The van der Waals surface area contributed by atoms with Crippen molar-refractivity contribution in [1.29, 1.82) is 0 Å². The highest BCUT2D eigenvalue weighted by atomic mass is 79.9. The van der Waals surface area contributed by atoms with Gasteiger partial charge >= 0.3 is 12.1 Å². The molecule has 0 saturated carbocycles. The molecule has 0 aliphatic rings. The highest BCUT2D eigenvalue weighted by Gasteiger charge is 2.34. The highest BCUT2D eigenvalue weighted by molar-refractivity contribution is 9.10. The summed E-state index contributed by atoms with van der Waals surface area (Å²) in [6.45, 7) is 1.70. The molecule has 0 atom stereocenters. The maximum Gasteiger partial charge on any atom is 0.416 e. The minimum atomic E-state index is -4.72. The maximum absolute atomic E-state index is 12.7. The number of alkyl halides is 3. The molecule has 128 valence electrons. The van der Waals surface area contributed by atoms with Crippen LogP contribution in [0.5, 0.6) is 0 Å². The normalized spacial score (nSPS) is 11.4. The molecule has 0 amide bonds. The molecule has 0 fully saturated rings. The van der Waals surface area contributed by atoms with Crippen LogP contribution in [-0.2, 0) is 10.9 Å². The molecule has 24 heavy (non-hydrogen) atoms. The first kappa shape index (κ1) is 17.9. The van der Waals surface area contributed by atoms with E-state index >= 15 is 0 Å². The summed E-state index contributed by atoms with van der Waals surface area (Å²) in [5.74, 6) is -0.717. The van der Waals surface area contributed by atoms with Crippen LogP contribution in [0.3, 0.4) is 0 Å². The van der Waals surface area contributed by atoms with E-state index in [1.807, 2.05) is 0 Å². The van der Waals surface area contributed by atoms with Crippen molar-refractivity contribution >= 4 is 27.6 Å². The van der Waals surface area contributed by atoms with E-state index in [0.717, 1.165) is 16.9 Å². The average Bonchev–Trinajstić information content (AvgIpc) is 2.87. The first-order valence-electron chi connectivity index (χ1n) is 6.43. The molecule has 2 rings (SSSR count). The van der Waals surface area contributed by atoms with Crippen LogP contribution in [0.2, 0.25) is 0 Å². The summed E-state index contributed by atoms with van der Waals surface area (Å²) in [6.07, 6.45) is -3.62. The number of nitro groups is 1. The maximum atomic E-state index is 12.7. The van der Waals surface area contributed by atoms with E-state index in [2.05, 4.69) is 21.0 Å². The van der Waals surface area contributed by atoms with Crippen LogP contribution in [0.1, 0.15) is 22.8 Å². The van der Waals surface area contributed by atoms with Crippen LogP contribution in [0.15, 0.2) is 29.0 Å². The number of esters is 1. The number of hydrogen-bond donors (Lipinski definition) is 0. The summed E-state index contributed by atoms with van der Waals surface area (Å²) < 4.78 is 43.9. The molecule has 0 unspecified atom stereocenters. The molecule has 7 nitrogen and oxygen atoms in total. The van der Waals surface area contributed by atoms with Gasteiger partial charge in [0.2, 0.25) is 0 Å². The lowest BCUT2D eigenvalue weighted by Gasteiger charge is -2.09. The van der Waals surface area contributed by atoms with Crippen molar-refractivity contribution in [3.63, 3.8) is 0 Å². The lowest BCUT2D eigenvalue weighted by Crippen LogP contribution is -2.09. The van der Waals surface area contributed by atoms with Gasteiger partial charge in [0.25, 0.3) is 5.69 Å². The number of carbonyl (C=O) groups is 1. The fourth-order valence-corrected chi connectivity index (χ4v) is 2.42. The van der Waals surface area contributed by atoms with E-state index in [-0.39, 0.29) is 22.5 Å². The van der Waals surface area contributed by atoms with Crippen molar-refractivity contribution in [2.45, 2.75) is 13.1 Å². The van der Waals surface area contributed by atoms with Gasteiger partial charge in [-0.15, -0.1) is 0 Å². The highest BCUT2D eigenvalue weighted by Crippen LogP contribution is 2.35. The van der Waals surface area contributed by atoms with Gasteiger partial charge in [-0.2, -0.15) is 18.3 Å². The number of rotatable bonds is 4. The Morgan fingerprint density at radius 2 is 2.12 bits per heavy atom. The Balaban J connectivity index is 2.57. The van der Waals surface area contributed by atoms with E-state index < -0.39 is 28.3 Å². The van der Waals surface area contributed by atoms with E-state index in [4.69, 9.17) is 4.74 Å². The van der Waals surface area contributed by atoms with Crippen LogP contribution in [-0.4, -0.2) is 27.3 Å². The molecule has 1 heterocycles. The average molecular weight is 408 g/mol. The second kappa shape index (κ2) is 6.59. The van der Waals surface area contributed by atoms with Gasteiger partial charge in [-0.05, 0) is 35.0 Å². The monoisotopic (exact) mass is 407 g/mol. The topological polar surface area (TPSA) is 87.3 Å². The van der Waals surface area contributed by atoms with Crippen LogP contribution in [0.25, 0.3) is 5.69 Å². The summed E-state index contributed by atoms with van der Waals surface area (Å²) in [4.78, 5) is 21.9. The van der Waals surface area contributed by atoms with Gasteiger partial charge in [-0.25, -0.2) is 9.48 Å². The van der Waals surface area contributed by atoms with E-state index in [0.29, 0.717) is 12.1 Å². The zero-order valence-corrected chi connectivity index (χ0v) is 13.6. The van der Waals surface area contributed by atoms with E-state index in [9.17, 15) is 28.1 Å². The van der Waals surface area contributed by atoms with Gasteiger partial charge in [0.1, 0.15) is 15.9 Å². The predicted molar refractivity (Wildman–Crippen MR) is 78.9 cm³/mol. The number of nitrogens with zero attached hydrogens (tertiary/aromatic N) is 3. The SMILES string of the molecule is CCOC(=O)c1cnn(-c2ccc(C(F)(F)F)cc2[N+](=O)[O-])c1Br. The van der Waals surface area contributed by atoms with Gasteiger partial charge in [0.15, 0.2) is 0 Å². The van der Waals surface area contributed by atoms with Crippen molar-refractivity contribution in [2.75, 3.05) is 6.61 Å². The molecule has 0 radical (unpaired) electrons. The molecule has 2 aromatic rings. The molecule has 0 N–H and O–H groups in total. The number of ether oxygens (including phenoxy) is 1. The van der Waals surface area contributed by atoms with Crippen LogP contribution >= 0.6 is 15.9 Å². The predicted octanol–water partition coefficient (Wildman–Crippen LogP) is 3.74. The fourth-order valence-electron chi connectivity index (χ4n) is 1.87. The summed E-state index contributed by atoms with van der Waals surface area (Å²) in [5, 5.41) is 14.9. The number of aromatic nitrogens is 2. The Morgan fingerprint density at radius 1 is 1.46 bits per heavy atom. The second-order valence-electron chi connectivity index (χ2n) is 4.44. The van der Waals surface area contributed by atoms with Gasteiger partial charge in [0, 0.05) is 6.07 Å². The van der Waals surface area contributed by atoms with Gasteiger partial charge in [-0.1, -0.05) is 0 Å². The smallest absolute Gasteiger partial charge is 0.416 e. The number of hydrogen-bond acceptors (Lipinski definition) is 5. The lowest BCUT2D eigenvalue weighted by molar-refractivity contribution is -0.384. The fraction of sp³-hybridized carbons (Fsp3) is 0.231. The molecule has 1 aromatic heterocycles. The molecular formula is C13H9BrF3N3O4. The Hall–Kier alpha value is -2.43. The quantitative estimate of drug-likeness (QED) is 0.437. The Labute approximate surface area is 141 Å². The summed E-state index contributed by atoms with van der Waals surface area (Å²) in [7, 11) is 0. The molecular weight excluding hydrogens is 399 g/mol. The second-order valence-corrected chi connectivity index (χ2v) is 5.19. The molecule has 0 aliphatic heterocycles. The number of carbonyl (C=O) groups excluding carboxylic acids is 1. The van der Waals surface area contributed by atoms with E-state index in [1.54, 1.807) is 6.92 Å². The van der Waals surface area contributed by atoms with Gasteiger partial charge < -0.3 is 4.74 Å². The first-order chi connectivity index (χ1) is 11.2. The summed E-state index contributed by atoms with van der Waals surface area (Å²) in [5.41, 5.74) is -2.20. The van der Waals surface area contributed by atoms with Crippen molar-refractivity contribution in [1.82, 2.24) is 9.78 Å². The van der Waals surface area contributed by atoms with Crippen molar-refractivity contribution in [2.24, 2.45) is 0 Å². The van der Waals surface area contributed by atoms with Crippen LogP contribution in [0, 0.1) is 10.1 Å². The molecule has 0 bridgehead atoms. The van der Waals surface area contributed by atoms with Gasteiger partial charge in [-0.3, -0.25) is 10.1 Å². The van der Waals surface area contributed by atoms with Crippen LogP contribution in [0.4, 0.5) is 18.9 Å². The minimum Gasteiger partial charge on any atom is -0.462 e. The third-order valence-corrected chi connectivity index (χ3v) is 3.70. The Morgan fingerprint density at radius 3 is 2.67 bits per heavy atom. The lowest BCUT2D eigenvalue weighted by atomic mass is 10.1. The molecule has 0 aliphatic carbocycles. The van der Waals surface area contributed by atoms with Crippen molar-refractivity contribution < 1.29 is 27.6 Å². The van der Waals surface area contributed by atoms with E-state index in [1.165, 1.54) is 0 Å². The zero-order valence-electron chi connectivity index (χ0n) is 12.0. The van der Waals surface area contributed by atoms with Gasteiger partial charge in [0.05, 0.1) is 23.3 Å². The minimum absolute atomic E-state index is 0.00829. The van der Waals surface area contributed by atoms with Crippen LogP contribution < -0.4 is 0 Å². The standard InChI is InChI=1S/C13H9BrF3N3O4/c1-2-24-12(21)8-6-18-19(11(8)14)9-4-3-7(13(15,16)17)5-10(9)20(22)23/h3-6H,2H2,1H3. The molecule has 11 heteroatoms. The first-order valence-corrected chi connectivity index (χ1v) is 7.22. The zero-order chi connectivity index (χ0) is 18.1. The van der Waals surface area contributed by atoms with Crippen molar-refractivity contribution in [3.8, 4) is 5.69 Å². The molecule has 0 spiro atoms.